The van der Waals surface area contributed by atoms with Gasteiger partial charge in [0.15, 0.2) is 0 Å². The molecule has 170 valence electrons. The number of ether oxygens (including phenoxy) is 1. The van der Waals surface area contributed by atoms with Crippen molar-refractivity contribution in [2.45, 2.75) is 38.8 Å². The molecule has 3 rings (SSSR count). The second-order valence-corrected chi connectivity index (χ2v) is 8.57. The molecule has 2 aliphatic rings. The molecule has 3 heterocycles. The zero-order valence-electron chi connectivity index (χ0n) is 18.6. The van der Waals surface area contributed by atoms with Crippen LogP contribution in [0.3, 0.4) is 0 Å². The lowest BCUT2D eigenvalue weighted by Crippen LogP contribution is -2.61. The van der Waals surface area contributed by atoms with Crippen LogP contribution in [0.2, 0.25) is 0 Å². The number of methoxy groups -OCH3 is 1. The maximum Gasteiger partial charge on any atom is 0.321 e. The molecule has 2 saturated heterocycles. The quantitative estimate of drug-likeness (QED) is 0.590. The number of rotatable bonds is 10. The number of aromatic nitrogens is 1. The molecule has 0 saturated carbocycles. The molecule has 4 amide bonds. The minimum atomic E-state index is -0.486. The Hall–Kier alpha value is -2.68. The molecular formula is C22H33N5O4. The van der Waals surface area contributed by atoms with Gasteiger partial charge >= 0.3 is 6.03 Å². The first-order chi connectivity index (χ1) is 14.9. The summed E-state index contributed by atoms with van der Waals surface area (Å²) in [5.74, 6) is 0.0397. The van der Waals surface area contributed by atoms with E-state index in [1.165, 1.54) is 0 Å². The topological polar surface area (TPSA) is 95.1 Å². The molecule has 9 heteroatoms. The van der Waals surface area contributed by atoms with Gasteiger partial charge in [0.2, 0.25) is 11.8 Å². The zero-order chi connectivity index (χ0) is 22.4. The number of amides is 4. The van der Waals surface area contributed by atoms with Crippen molar-refractivity contribution in [2.24, 2.45) is 5.92 Å². The number of nitrogens with one attached hydrogen (secondary N) is 1. The van der Waals surface area contributed by atoms with E-state index in [0.717, 1.165) is 5.69 Å². The van der Waals surface area contributed by atoms with Gasteiger partial charge in [-0.15, -0.1) is 0 Å². The SMILES string of the molecule is COCCN1C[C@@H]2CN(CC(=O)NCCc3ccccn3)C(=O)N2[C@@H](CC(C)C)C1=O. The lowest BCUT2D eigenvalue weighted by molar-refractivity contribution is -0.143. The molecule has 2 atom stereocenters. The van der Waals surface area contributed by atoms with Gasteiger partial charge in [0, 0.05) is 51.6 Å². The summed E-state index contributed by atoms with van der Waals surface area (Å²) in [6, 6.07) is 4.86. The van der Waals surface area contributed by atoms with E-state index in [1.54, 1.807) is 28.0 Å². The highest BCUT2D eigenvalue weighted by Crippen LogP contribution is 2.28. The van der Waals surface area contributed by atoms with Crippen LogP contribution in [0.1, 0.15) is 26.0 Å². The Bertz CT molecular complexity index is 772. The number of nitrogens with zero attached hydrogens (tertiary/aromatic N) is 4. The van der Waals surface area contributed by atoms with Crippen LogP contribution in [0.4, 0.5) is 4.79 Å². The van der Waals surface area contributed by atoms with Crippen molar-refractivity contribution in [3.05, 3.63) is 30.1 Å². The number of piperazine rings is 1. The van der Waals surface area contributed by atoms with Crippen molar-refractivity contribution in [3.8, 4) is 0 Å². The number of pyridine rings is 1. The first kappa shape index (κ1) is 23.0. The Kier molecular flexibility index (Phi) is 7.84. The minimum absolute atomic E-state index is 0.00525. The maximum atomic E-state index is 13.1. The van der Waals surface area contributed by atoms with Crippen LogP contribution in [-0.2, 0) is 20.7 Å². The third-order valence-electron chi connectivity index (χ3n) is 5.70. The molecule has 31 heavy (non-hydrogen) atoms. The minimum Gasteiger partial charge on any atom is -0.383 e. The second-order valence-electron chi connectivity index (χ2n) is 8.57. The Morgan fingerprint density at radius 2 is 2.03 bits per heavy atom. The van der Waals surface area contributed by atoms with Gasteiger partial charge in [-0.3, -0.25) is 14.6 Å². The first-order valence-corrected chi connectivity index (χ1v) is 10.9. The van der Waals surface area contributed by atoms with E-state index in [9.17, 15) is 14.4 Å². The number of carbonyl (C=O) groups is 3. The molecule has 0 bridgehead atoms. The third kappa shape index (κ3) is 5.72. The van der Waals surface area contributed by atoms with Gasteiger partial charge in [0.25, 0.3) is 0 Å². The van der Waals surface area contributed by atoms with Crippen molar-refractivity contribution >= 4 is 17.8 Å². The molecule has 0 spiro atoms. The number of urea groups is 1. The Morgan fingerprint density at radius 3 is 2.71 bits per heavy atom. The molecule has 1 aromatic heterocycles. The van der Waals surface area contributed by atoms with Crippen LogP contribution >= 0.6 is 0 Å². The molecule has 0 unspecified atom stereocenters. The maximum absolute atomic E-state index is 13.1. The Morgan fingerprint density at radius 1 is 1.26 bits per heavy atom. The number of carbonyl (C=O) groups excluding carboxylic acids is 3. The molecule has 2 aliphatic heterocycles. The summed E-state index contributed by atoms with van der Waals surface area (Å²) in [5.41, 5.74) is 0.906. The van der Waals surface area contributed by atoms with Gasteiger partial charge in [0.1, 0.15) is 12.6 Å². The van der Waals surface area contributed by atoms with E-state index in [1.807, 2.05) is 32.0 Å². The lowest BCUT2D eigenvalue weighted by atomic mass is 9.97. The van der Waals surface area contributed by atoms with E-state index in [2.05, 4.69) is 10.3 Å². The average Bonchev–Trinajstić information content (AvgIpc) is 3.04. The van der Waals surface area contributed by atoms with Gasteiger partial charge in [-0.05, 0) is 24.5 Å². The van der Waals surface area contributed by atoms with Crippen LogP contribution in [0.25, 0.3) is 0 Å². The number of fused-ring (bicyclic) bond motifs is 1. The fourth-order valence-corrected chi connectivity index (χ4v) is 4.25. The normalized spacial score (nSPS) is 21.1. The van der Waals surface area contributed by atoms with Gasteiger partial charge in [-0.2, -0.15) is 0 Å². The third-order valence-corrected chi connectivity index (χ3v) is 5.70. The Balaban J connectivity index is 1.59. The fourth-order valence-electron chi connectivity index (χ4n) is 4.25. The van der Waals surface area contributed by atoms with Crippen LogP contribution in [-0.4, -0.2) is 96.1 Å². The van der Waals surface area contributed by atoms with Crippen molar-refractivity contribution in [1.82, 2.24) is 25.0 Å². The summed E-state index contributed by atoms with van der Waals surface area (Å²) in [5, 5.41) is 2.86. The van der Waals surface area contributed by atoms with Crippen LogP contribution in [0.5, 0.6) is 0 Å². The fraction of sp³-hybridized carbons (Fsp3) is 0.636. The van der Waals surface area contributed by atoms with E-state index in [0.29, 0.717) is 45.6 Å². The van der Waals surface area contributed by atoms with Crippen molar-refractivity contribution in [3.63, 3.8) is 0 Å². The number of hydrogen-bond donors (Lipinski definition) is 1. The highest BCUT2D eigenvalue weighted by atomic mass is 16.5. The van der Waals surface area contributed by atoms with Gasteiger partial charge in [0.05, 0.1) is 12.6 Å². The average molecular weight is 432 g/mol. The van der Waals surface area contributed by atoms with Gasteiger partial charge in [-0.25, -0.2) is 4.79 Å². The summed E-state index contributed by atoms with van der Waals surface area (Å²) in [6.45, 7) is 6.43. The van der Waals surface area contributed by atoms with Crippen molar-refractivity contribution in [1.29, 1.82) is 0 Å². The highest BCUT2D eigenvalue weighted by Gasteiger charge is 2.49. The van der Waals surface area contributed by atoms with Gasteiger partial charge < -0.3 is 24.8 Å². The summed E-state index contributed by atoms with van der Waals surface area (Å²) in [7, 11) is 1.61. The molecule has 1 aromatic rings. The van der Waals surface area contributed by atoms with Crippen molar-refractivity contribution in [2.75, 3.05) is 46.4 Å². The lowest BCUT2D eigenvalue weighted by Gasteiger charge is -2.42. The summed E-state index contributed by atoms with van der Waals surface area (Å²) in [4.78, 5) is 47.8. The van der Waals surface area contributed by atoms with Crippen LogP contribution in [0, 0.1) is 5.92 Å². The highest BCUT2D eigenvalue weighted by molar-refractivity contribution is 5.91. The van der Waals surface area contributed by atoms with E-state index >= 15 is 0 Å². The molecular weight excluding hydrogens is 398 g/mol. The van der Waals surface area contributed by atoms with E-state index in [-0.39, 0.29) is 36.3 Å². The second kappa shape index (κ2) is 10.6. The smallest absolute Gasteiger partial charge is 0.321 e. The molecule has 9 nitrogen and oxygen atoms in total. The molecule has 0 aromatic carbocycles. The first-order valence-electron chi connectivity index (χ1n) is 10.9. The molecule has 1 N–H and O–H groups in total. The van der Waals surface area contributed by atoms with E-state index < -0.39 is 6.04 Å². The molecule has 2 fully saturated rings. The monoisotopic (exact) mass is 431 g/mol. The number of hydrogen-bond acceptors (Lipinski definition) is 5. The summed E-state index contributed by atoms with van der Waals surface area (Å²) >= 11 is 0. The zero-order valence-corrected chi connectivity index (χ0v) is 18.6. The summed E-state index contributed by atoms with van der Waals surface area (Å²) < 4.78 is 5.14. The summed E-state index contributed by atoms with van der Waals surface area (Å²) in [6.07, 6.45) is 2.96. The van der Waals surface area contributed by atoms with Gasteiger partial charge in [-0.1, -0.05) is 19.9 Å². The van der Waals surface area contributed by atoms with E-state index in [4.69, 9.17) is 4.74 Å². The molecule has 0 radical (unpaired) electrons. The Labute approximate surface area is 183 Å². The predicted octanol–water partition coefficient (Wildman–Crippen LogP) is 0.750. The largest absolute Gasteiger partial charge is 0.383 e. The van der Waals surface area contributed by atoms with Crippen LogP contribution < -0.4 is 5.32 Å². The van der Waals surface area contributed by atoms with Crippen molar-refractivity contribution < 1.29 is 19.1 Å². The standard InChI is InChI=1S/C22H33N5O4/c1-16(2)12-19-21(29)25(10-11-31-3)13-18-14-26(22(30)27(18)19)15-20(28)24-9-7-17-6-4-5-8-23-17/h4-6,8,16,18-19H,7,9-15H2,1-3H3,(H,24,28)/t18-,19+/m1/s1. The predicted molar refractivity (Wildman–Crippen MR) is 115 cm³/mol. The molecule has 0 aliphatic carbocycles. The van der Waals surface area contributed by atoms with Crippen LogP contribution in [0.15, 0.2) is 24.4 Å².